The molecule has 1 heterocycles. The zero-order chi connectivity index (χ0) is 14.5. The molecule has 5 nitrogen and oxygen atoms in total. The average molecular weight is 310 g/mol. The predicted molar refractivity (Wildman–Crippen MR) is 78.0 cm³/mol. The molecule has 2 N–H and O–H groups in total. The van der Waals surface area contributed by atoms with Crippen LogP contribution in [-0.2, 0) is 9.59 Å². The second-order valence-corrected chi connectivity index (χ2v) is 4.65. The molecule has 20 heavy (non-hydrogen) atoms. The van der Waals surface area contributed by atoms with E-state index in [1.54, 1.807) is 18.2 Å². The van der Waals surface area contributed by atoms with Crippen molar-refractivity contribution in [3.8, 4) is 0 Å². The molecule has 2 aromatic rings. The van der Waals surface area contributed by atoms with Crippen molar-refractivity contribution in [1.82, 2.24) is 4.98 Å². The Morgan fingerprint density at radius 2 is 1.60 bits per heavy atom. The smallest absolute Gasteiger partial charge is 0.315 e. The summed E-state index contributed by atoms with van der Waals surface area (Å²) in [4.78, 5) is 27.2. The number of pyridine rings is 1. The van der Waals surface area contributed by atoms with Crippen LogP contribution in [0, 0.1) is 0 Å². The number of nitrogens with zero attached hydrogens (tertiary/aromatic N) is 1. The molecule has 0 unspecified atom stereocenters. The lowest BCUT2D eigenvalue weighted by Crippen LogP contribution is -2.29. The molecule has 7 heteroatoms. The van der Waals surface area contributed by atoms with Crippen LogP contribution in [-0.4, -0.2) is 16.8 Å². The first-order valence-electron chi connectivity index (χ1n) is 5.54. The van der Waals surface area contributed by atoms with E-state index in [-0.39, 0.29) is 5.82 Å². The summed E-state index contributed by atoms with van der Waals surface area (Å²) in [6.45, 7) is 0. The van der Waals surface area contributed by atoms with Crippen molar-refractivity contribution in [3.05, 3.63) is 52.6 Å². The summed E-state index contributed by atoms with van der Waals surface area (Å²) in [6, 6.07) is 9.45. The van der Waals surface area contributed by atoms with E-state index in [1.165, 1.54) is 24.4 Å². The number of carbonyl (C=O) groups is 2. The zero-order valence-corrected chi connectivity index (χ0v) is 11.6. The molecular formula is C13H9Cl2N3O2. The Labute approximate surface area is 124 Å². The van der Waals surface area contributed by atoms with Gasteiger partial charge in [-0.15, -0.1) is 0 Å². The normalized spacial score (nSPS) is 9.90. The van der Waals surface area contributed by atoms with Crippen LogP contribution in [0.5, 0.6) is 0 Å². The van der Waals surface area contributed by atoms with Crippen LogP contribution in [0.2, 0.25) is 10.0 Å². The first-order chi connectivity index (χ1) is 9.54. The highest BCUT2D eigenvalue weighted by atomic mass is 35.5. The van der Waals surface area contributed by atoms with Crippen molar-refractivity contribution in [2.75, 3.05) is 10.6 Å². The van der Waals surface area contributed by atoms with Crippen LogP contribution >= 0.6 is 23.2 Å². The quantitative estimate of drug-likeness (QED) is 0.838. The number of hydrogen-bond acceptors (Lipinski definition) is 3. The molecule has 0 radical (unpaired) electrons. The van der Waals surface area contributed by atoms with Gasteiger partial charge in [0, 0.05) is 21.9 Å². The minimum absolute atomic E-state index is 0.289. The molecular weight excluding hydrogens is 301 g/mol. The van der Waals surface area contributed by atoms with Gasteiger partial charge in [-0.05, 0) is 30.3 Å². The Balaban J connectivity index is 2.02. The SMILES string of the molecule is O=C(Nc1cc(Cl)cc(Cl)c1)C(=O)Nc1ccccn1. The van der Waals surface area contributed by atoms with Gasteiger partial charge in [0.2, 0.25) is 0 Å². The first kappa shape index (κ1) is 14.3. The van der Waals surface area contributed by atoms with Crippen molar-refractivity contribution in [2.45, 2.75) is 0 Å². The molecule has 2 amide bonds. The largest absolute Gasteiger partial charge is 0.318 e. The molecule has 0 bridgehead atoms. The molecule has 102 valence electrons. The Kier molecular flexibility index (Phi) is 4.55. The third kappa shape index (κ3) is 3.94. The average Bonchev–Trinajstić information content (AvgIpc) is 2.38. The molecule has 1 aromatic carbocycles. The number of amides is 2. The van der Waals surface area contributed by atoms with Crippen molar-refractivity contribution in [3.63, 3.8) is 0 Å². The molecule has 0 atom stereocenters. The van der Waals surface area contributed by atoms with Crippen LogP contribution in [0.3, 0.4) is 0 Å². The second kappa shape index (κ2) is 6.36. The fraction of sp³-hybridized carbons (Fsp3) is 0. The number of benzene rings is 1. The summed E-state index contributed by atoms with van der Waals surface area (Å²) in [7, 11) is 0. The summed E-state index contributed by atoms with van der Waals surface area (Å²) in [5.41, 5.74) is 0.337. The minimum atomic E-state index is -0.839. The van der Waals surface area contributed by atoms with Crippen molar-refractivity contribution < 1.29 is 9.59 Å². The van der Waals surface area contributed by atoms with E-state index in [1.807, 2.05) is 0 Å². The third-order valence-corrected chi connectivity index (χ3v) is 2.67. The highest BCUT2D eigenvalue weighted by Crippen LogP contribution is 2.22. The van der Waals surface area contributed by atoms with Crippen LogP contribution in [0.25, 0.3) is 0 Å². The summed E-state index contributed by atoms with van der Waals surface area (Å²) in [6.07, 6.45) is 1.50. The van der Waals surface area contributed by atoms with Crippen LogP contribution in [0.4, 0.5) is 11.5 Å². The Morgan fingerprint density at radius 1 is 0.950 bits per heavy atom. The molecule has 0 aliphatic rings. The monoisotopic (exact) mass is 309 g/mol. The molecule has 0 aliphatic heterocycles. The van der Waals surface area contributed by atoms with Crippen LogP contribution in [0.1, 0.15) is 0 Å². The summed E-state index contributed by atoms with van der Waals surface area (Å²) < 4.78 is 0. The number of hydrogen-bond donors (Lipinski definition) is 2. The second-order valence-electron chi connectivity index (χ2n) is 3.78. The number of halogens is 2. The summed E-state index contributed by atoms with van der Waals surface area (Å²) >= 11 is 11.6. The van der Waals surface area contributed by atoms with E-state index in [2.05, 4.69) is 15.6 Å². The fourth-order valence-corrected chi connectivity index (χ4v) is 1.95. The Bertz CT molecular complexity index is 627. The van der Waals surface area contributed by atoms with Gasteiger partial charge in [-0.25, -0.2) is 4.98 Å². The molecule has 0 aliphatic carbocycles. The standard InChI is InChI=1S/C13H9Cl2N3O2/c14-8-5-9(15)7-10(6-8)17-12(19)13(20)18-11-3-1-2-4-16-11/h1-7H,(H,17,19)(H,16,18,20). The Morgan fingerprint density at radius 3 is 2.20 bits per heavy atom. The number of carbonyl (C=O) groups excluding carboxylic acids is 2. The molecule has 0 saturated heterocycles. The van der Waals surface area contributed by atoms with E-state index in [0.717, 1.165) is 0 Å². The summed E-state index contributed by atoms with van der Waals surface area (Å²) in [5.74, 6) is -1.38. The molecule has 0 spiro atoms. The number of aromatic nitrogens is 1. The molecule has 0 saturated carbocycles. The highest BCUT2D eigenvalue weighted by Gasteiger charge is 2.14. The maximum absolute atomic E-state index is 11.7. The van der Waals surface area contributed by atoms with E-state index in [9.17, 15) is 9.59 Å². The minimum Gasteiger partial charge on any atom is -0.318 e. The van der Waals surface area contributed by atoms with Gasteiger partial charge in [0.15, 0.2) is 0 Å². The van der Waals surface area contributed by atoms with Gasteiger partial charge < -0.3 is 10.6 Å². The highest BCUT2D eigenvalue weighted by molar-refractivity contribution is 6.44. The first-order valence-corrected chi connectivity index (χ1v) is 6.29. The predicted octanol–water partition coefficient (Wildman–Crippen LogP) is 2.97. The maximum atomic E-state index is 11.7. The van der Waals surface area contributed by atoms with E-state index >= 15 is 0 Å². The van der Waals surface area contributed by atoms with Crippen LogP contribution in [0.15, 0.2) is 42.6 Å². The maximum Gasteiger partial charge on any atom is 0.315 e. The Hall–Kier alpha value is -2.11. The van der Waals surface area contributed by atoms with E-state index in [0.29, 0.717) is 15.7 Å². The molecule has 0 fully saturated rings. The number of nitrogens with one attached hydrogen (secondary N) is 2. The molecule has 2 rings (SSSR count). The summed E-state index contributed by atoms with van der Waals surface area (Å²) in [5, 5.41) is 5.48. The lowest BCUT2D eigenvalue weighted by atomic mass is 10.3. The lowest BCUT2D eigenvalue weighted by molar-refractivity contribution is -0.133. The van der Waals surface area contributed by atoms with Gasteiger partial charge in [-0.3, -0.25) is 9.59 Å². The van der Waals surface area contributed by atoms with Crippen LogP contribution < -0.4 is 10.6 Å². The van der Waals surface area contributed by atoms with Gasteiger partial charge in [-0.1, -0.05) is 29.3 Å². The third-order valence-electron chi connectivity index (χ3n) is 2.23. The fourth-order valence-electron chi connectivity index (χ4n) is 1.42. The van der Waals surface area contributed by atoms with E-state index in [4.69, 9.17) is 23.2 Å². The molecule has 1 aromatic heterocycles. The van der Waals surface area contributed by atoms with Gasteiger partial charge in [0.25, 0.3) is 0 Å². The zero-order valence-electron chi connectivity index (χ0n) is 10.1. The van der Waals surface area contributed by atoms with Crippen molar-refractivity contribution in [2.24, 2.45) is 0 Å². The van der Waals surface area contributed by atoms with E-state index < -0.39 is 11.8 Å². The topological polar surface area (TPSA) is 71.1 Å². The van der Waals surface area contributed by atoms with Crippen molar-refractivity contribution >= 4 is 46.5 Å². The lowest BCUT2D eigenvalue weighted by Gasteiger charge is -2.06. The van der Waals surface area contributed by atoms with Gasteiger partial charge in [-0.2, -0.15) is 0 Å². The van der Waals surface area contributed by atoms with Gasteiger partial charge in [0.05, 0.1) is 0 Å². The number of anilines is 2. The van der Waals surface area contributed by atoms with Gasteiger partial charge >= 0.3 is 11.8 Å². The van der Waals surface area contributed by atoms with Crippen molar-refractivity contribution in [1.29, 1.82) is 0 Å². The van der Waals surface area contributed by atoms with Gasteiger partial charge in [0.1, 0.15) is 5.82 Å². The number of rotatable bonds is 2.